The summed E-state index contributed by atoms with van der Waals surface area (Å²) in [6.07, 6.45) is 5.88. The van der Waals surface area contributed by atoms with Gasteiger partial charge in [0.15, 0.2) is 0 Å². The summed E-state index contributed by atoms with van der Waals surface area (Å²) in [5.74, 6) is 0. The van der Waals surface area contributed by atoms with Gasteiger partial charge in [0.05, 0.1) is 5.69 Å². The second-order valence-corrected chi connectivity index (χ2v) is 4.82. The SMILES string of the molecule is CCCNCc1ccc(CN2CCCC2)nc1. The van der Waals surface area contributed by atoms with E-state index in [-0.39, 0.29) is 0 Å². The predicted molar refractivity (Wildman–Crippen MR) is 70.7 cm³/mol. The van der Waals surface area contributed by atoms with E-state index in [0.29, 0.717) is 0 Å². The summed E-state index contributed by atoms with van der Waals surface area (Å²) in [5, 5.41) is 3.39. The summed E-state index contributed by atoms with van der Waals surface area (Å²) in [4.78, 5) is 7.02. The van der Waals surface area contributed by atoms with Crippen molar-refractivity contribution in [2.45, 2.75) is 39.3 Å². The molecule has 0 saturated carbocycles. The lowest BCUT2D eigenvalue weighted by Crippen LogP contribution is -2.19. The van der Waals surface area contributed by atoms with Crippen LogP contribution in [0.25, 0.3) is 0 Å². The molecule has 3 nitrogen and oxygen atoms in total. The van der Waals surface area contributed by atoms with E-state index in [9.17, 15) is 0 Å². The van der Waals surface area contributed by atoms with E-state index in [2.05, 4.69) is 34.3 Å². The molecule has 1 fully saturated rings. The second-order valence-electron chi connectivity index (χ2n) is 4.82. The van der Waals surface area contributed by atoms with Gasteiger partial charge in [-0.1, -0.05) is 13.0 Å². The molecule has 0 amide bonds. The molecule has 0 bridgehead atoms. The molecular weight excluding hydrogens is 210 g/mol. The molecule has 0 aliphatic carbocycles. The maximum Gasteiger partial charge on any atom is 0.0544 e. The number of hydrogen-bond donors (Lipinski definition) is 1. The molecule has 1 saturated heterocycles. The number of hydrogen-bond acceptors (Lipinski definition) is 3. The molecular formula is C14H23N3. The summed E-state index contributed by atoms with van der Waals surface area (Å²) in [6.45, 7) is 7.69. The van der Waals surface area contributed by atoms with Crippen molar-refractivity contribution in [3.05, 3.63) is 29.6 Å². The van der Waals surface area contributed by atoms with E-state index in [4.69, 9.17) is 0 Å². The maximum atomic E-state index is 4.54. The van der Waals surface area contributed by atoms with E-state index >= 15 is 0 Å². The number of aromatic nitrogens is 1. The highest BCUT2D eigenvalue weighted by atomic mass is 15.1. The lowest BCUT2D eigenvalue weighted by molar-refractivity contribution is 0.327. The quantitative estimate of drug-likeness (QED) is 0.763. The molecule has 1 aliphatic rings. The molecule has 0 unspecified atom stereocenters. The normalized spacial score (nSPS) is 16.5. The predicted octanol–water partition coefficient (Wildman–Crippen LogP) is 2.18. The Hall–Kier alpha value is -0.930. The monoisotopic (exact) mass is 233 g/mol. The van der Waals surface area contributed by atoms with E-state index in [1.54, 1.807) is 0 Å². The Morgan fingerprint density at radius 2 is 2.12 bits per heavy atom. The minimum Gasteiger partial charge on any atom is -0.313 e. The Balaban J connectivity index is 1.80. The highest BCUT2D eigenvalue weighted by molar-refractivity contribution is 5.14. The zero-order valence-electron chi connectivity index (χ0n) is 10.8. The molecule has 1 aliphatic heterocycles. The first-order valence-corrected chi connectivity index (χ1v) is 6.75. The summed E-state index contributed by atoms with van der Waals surface area (Å²) in [5.41, 5.74) is 2.48. The number of rotatable bonds is 6. The van der Waals surface area contributed by atoms with Gasteiger partial charge in [-0.15, -0.1) is 0 Å². The summed E-state index contributed by atoms with van der Waals surface area (Å²) < 4.78 is 0. The summed E-state index contributed by atoms with van der Waals surface area (Å²) in [6, 6.07) is 4.36. The van der Waals surface area contributed by atoms with Gasteiger partial charge in [-0.2, -0.15) is 0 Å². The minimum atomic E-state index is 0.935. The fraction of sp³-hybridized carbons (Fsp3) is 0.643. The maximum absolute atomic E-state index is 4.54. The molecule has 1 aromatic rings. The third kappa shape index (κ3) is 4.10. The van der Waals surface area contributed by atoms with Gasteiger partial charge in [-0.05, 0) is 50.5 Å². The van der Waals surface area contributed by atoms with Gasteiger partial charge >= 0.3 is 0 Å². The van der Waals surface area contributed by atoms with E-state index in [1.807, 2.05) is 6.20 Å². The summed E-state index contributed by atoms with van der Waals surface area (Å²) in [7, 11) is 0. The molecule has 94 valence electrons. The smallest absolute Gasteiger partial charge is 0.0544 e. The number of nitrogens with zero attached hydrogens (tertiary/aromatic N) is 2. The lowest BCUT2D eigenvalue weighted by Gasteiger charge is -2.13. The van der Waals surface area contributed by atoms with Gasteiger partial charge < -0.3 is 5.32 Å². The standard InChI is InChI=1S/C14H23N3/c1-2-7-15-10-13-5-6-14(16-11-13)12-17-8-3-4-9-17/h5-6,11,15H,2-4,7-10,12H2,1H3. The van der Waals surface area contributed by atoms with Crippen LogP contribution in [0.1, 0.15) is 37.4 Å². The van der Waals surface area contributed by atoms with Crippen LogP contribution >= 0.6 is 0 Å². The zero-order valence-corrected chi connectivity index (χ0v) is 10.8. The van der Waals surface area contributed by atoms with Crippen LogP contribution in [0.4, 0.5) is 0 Å². The lowest BCUT2D eigenvalue weighted by atomic mass is 10.2. The fourth-order valence-electron chi connectivity index (χ4n) is 2.23. The largest absolute Gasteiger partial charge is 0.313 e. The van der Waals surface area contributed by atoms with Crippen LogP contribution in [0.3, 0.4) is 0 Å². The molecule has 0 spiro atoms. The topological polar surface area (TPSA) is 28.2 Å². The third-order valence-electron chi connectivity index (χ3n) is 3.23. The first kappa shape index (κ1) is 12.5. The molecule has 17 heavy (non-hydrogen) atoms. The van der Waals surface area contributed by atoms with Crippen LogP contribution in [0.2, 0.25) is 0 Å². The van der Waals surface area contributed by atoms with Gasteiger partial charge in [0.25, 0.3) is 0 Å². The fourth-order valence-corrected chi connectivity index (χ4v) is 2.23. The van der Waals surface area contributed by atoms with Gasteiger partial charge in [-0.25, -0.2) is 0 Å². The number of likely N-dealkylation sites (tertiary alicyclic amines) is 1. The van der Waals surface area contributed by atoms with Crippen molar-refractivity contribution in [1.82, 2.24) is 15.2 Å². The molecule has 1 N–H and O–H groups in total. The van der Waals surface area contributed by atoms with Crippen molar-refractivity contribution in [2.24, 2.45) is 0 Å². The molecule has 0 atom stereocenters. The Labute approximate surface area is 104 Å². The van der Waals surface area contributed by atoms with Crippen molar-refractivity contribution in [3.8, 4) is 0 Å². The van der Waals surface area contributed by atoms with Gasteiger partial charge in [0.2, 0.25) is 0 Å². The minimum absolute atomic E-state index is 0.935. The molecule has 2 rings (SSSR count). The number of pyridine rings is 1. The molecule has 3 heteroatoms. The molecule has 1 aromatic heterocycles. The Morgan fingerprint density at radius 1 is 1.29 bits per heavy atom. The Kier molecular flexibility index (Phi) is 4.95. The first-order valence-electron chi connectivity index (χ1n) is 6.75. The van der Waals surface area contributed by atoms with Crippen molar-refractivity contribution < 1.29 is 0 Å². The highest BCUT2D eigenvalue weighted by Crippen LogP contribution is 2.11. The first-order chi connectivity index (χ1) is 8.38. The van der Waals surface area contributed by atoms with Gasteiger partial charge in [0.1, 0.15) is 0 Å². The average Bonchev–Trinajstić information content (AvgIpc) is 2.85. The second kappa shape index (κ2) is 6.72. The van der Waals surface area contributed by atoms with Crippen LogP contribution in [-0.2, 0) is 13.1 Å². The van der Waals surface area contributed by atoms with Crippen molar-refractivity contribution in [1.29, 1.82) is 0 Å². The summed E-state index contributed by atoms with van der Waals surface area (Å²) >= 11 is 0. The van der Waals surface area contributed by atoms with Crippen LogP contribution in [0.15, 0.2) is 18.3 Å². The van der Waals surface area contributed by atoms with Crippen LogP contribution in [-0.4, -0.2) is 29.5 Å². The van der Waals surface area contributed by atoms with Crippen molar-refractivity contribution >= 4 is 0 Å². The molecule has 0 radical (unpaired) electrons. The zero-order chi connectivity index (χ0) is 11.9. The number of nitrogens with one attached hydrogen (secondary N) is 1. The highest BCUT2D eigenvalue weighted by Gasteiger charge is 2.11. The van der Waals surface area contributed by atoms with Gasteiger partial charge in [-0.3, -0.25) is 9.88 Å². The van der Waals surface area contributed by atoms with Crippen LogP contribution < -0.4 is 5.32 Å². The Morgan fingerprint density at radius 3 is 2.76 bits per heavy atom. The van der Waals surface area contributed by atoms with Crippen LogP contribution in [0, 0.1) is 0 Å². The Bertz CT molecular complexity index is 315. The molecule has 0 aromatic carbocycles. The van der Waals surface area contributed by atoms with Gasteiger partial charge in [0, 0.05) is 19.3 Å². The average molecular weight is 233 g/mol. The van der Waals surface area contributed by atoms with E-state index < -0.39 is 0 Å². The molecule has 2 heterocycles. The van der Waals surface area contributed by atoms with E-state index in [1.165, 1.54) is 43.6 Å². The van der Waals surface area contributed by atoms with Crippen LogP contribution in [0.5, 0.6) is 0 Å². The van der Waals surface area contributed by atoms with E-state index in [0.717, 1.165) is 19.6 Å². The van der Waals surface area contributed by atoms with Crippen molar-refractivity contribution in [2.75, 3.05) is 19.6 Å². The van der Waals surface area contributed by atoms with Crippen molar-refractivity contribution in [3.63, 3.8) is 0 Å². The third-order valence-corrected chi connectivity index (χ3v) is 3.23.